The van der Waals surface area contributed by atoms with E-state index >= 15 is 0 Å². The van der Waals surface area contributed by atoms with Crippen LogP contribution in [0.3, 0.4) is 0 Å². The second kappa shape index (κ2) is 37.4. The van der Waals surface area contributed by atoms with Gasteiger partial charge in [0.15, 0.2) is 12.1 Å². The summed E-state index contributed by atoms with van der Waals surface area (Å²) in [5.41, 5.74) is 0. The zero-order valence-electron chi connectivity index (χ0n) is 35.3. The second-order valence-corrected chi connectivity index (χ2v) is 14.9. The number of esters is 2. The molecule has 0 aliphatic carbocycles. The minimum Gasteiger partial charge on any atom is -0.477 e. The molecule has 55 heavy (non-hydrogen) atoms. The molecule has 0 spiro atoms. The number of ether oxygens (including phenoxy) is 3. The molecule has 0 aliphatic heterocycles. The predicted octanol–water partition coefficient (Wildman–Crippen LogP) is 11.4. The maximum Gasteiger partial charge on any atom is 0.362 e. The Hall–Kier alpha value is -3.49. The largest absolute Gasteiger partial charge is 0.477 e. The van der Waals surface area contributed by atoms with E-state index in [4.69, 9.17) is 14.2 Å². The lowest BCUT2D eigenvalue weighted by atomic mass is 10.1. The van der Waals surface area contributed by atoms with Gasteiger partial charge in [-0.3, -0.25) is 9.59 Å². The van der Waals surface area contributed by atoms with Crippen LogP contribution >= 0.6 is 0 Å². The Balaban J connectivity index is 4.42. The third-order valence-corrected chi connectivity index (χ3v) is 8.81. The number of hydrogen-bond donors (Lipinski definition) is 1. The Morgan fingerprint density at radius 1 is 0.582 bits per heavy atom. The molecule has 0 saturated carbocycles. The van der Waals surface area contributed by atoms with Crippen LogP contribution in [0.2, 0.25) is 0 Å². The molecule has 0 amide bonds. The maximum atomic E-state index is 12.7. The van der Waals surface area contributed by atoms with E-state index in [-0.39, 0.29) is 42.7 Å². The zero-order valence-corrected chi connectivity index (χ0v) is 35.3. The minimum atomic E-state index is -0.888. The molecule has 0 heterocycles. The van der Waals surface area contributed by atoms with Crippen LogP contribution in [0, 0.1) is 0 Å². The van der Waals surface area contributed by atoms with Gasteiger partial charge in [0, 0.05) is 19.3 Å². The highest BCUT2D eigenvalue weighted by Crippen LogP contribution is 2.12. The summed E-state index contributed by atoms with van der Waals surface area (Å²) in [6, 6.07) is -0.627. The number of carboxylic acids is 1. The van der Waals surface area contributed by atoms with Crippen LogP contribution in [0.1, 0.15) is 142 Å². The van der Waals surface area contributed by atoms with Gasteiger partial charge < -0.3 is 23.8 Å². The molecule has 2 unspecified atom stereocenters. The number of nitrogens with zero attached hydrogens (tertiary/aromatic N) is 1. The van der Waals surface area contributed by atoms with Crippen LogP contribution < -0.4 is 0 Å². The molecule has 312 valence electrons. The number of unbranched alkanes of at least 4 members (excludes halogenated alkanes) is 9. The monoisotopic (exact) mass is 769 g/mol. The standard InChI is InChI=1S/C47H77NO7/c1-6-8-10-12-14-16-18-19-20-21-22-23-24-25-26-28-29-31-33-35-37-45(49)54-42-43(41-53-40-39-44(47(51)52)48(3,4)5)55-46(50)38-36-34-32-30-27-17-15-13-11-9-7-2/h8,10,13-17,19-20,22-23,25-27,43-44H,6-7,9,11-12,18,21,24,28-42H2,1-5H3/p+1/b10-8+,15-13+,16-14+,20-19+,23-22+,26-25+,27-17+. The van der Waals surface area contributed by atoms with E-state index in [0.717, 1.165) is 96.3 Å². The summed E-state index contributed by atoms with van der Waals surface area (Å²) in [6.45, 7) is 4.48. The van der Waals surface area contributed by atoms with Crippen LogP contribution in [0.4, 0.5) is 0 Å². The highest BCUT2D eigenvalue weighted by atomic mass is 16.6. The van der Waals surface area contributed by atoms with Crippen molar-refractivity contribution in [2.75, 3.05) is 41.0 Å². The van der Waals surface area contributed by atoms with Gasteiger partial charge in [-0.1, -0.05) is 131 Å². The molecule has 0 radical (unpaired) electrons. The van der Waals surface area contributed by atoms with Crippen molar-refractivity contribution in [3.63, 3.8) is 0 Å². The summed E-state index contributed by atoms with van der Waals surface area (Å²) in [4.78, 5) is 36.9. The molecule has 0 aromatic heterocycles. The number of allylic oxidation sites excluding steroid dienone is 14. The van der Waals surface area contributed by atoms with E-state index in [1.807, 2.05) is 21.1 Å². The highest BCUT2D eigenvalue weighted by Gasteiger charge is 2.31. The lowest BCUT2D eigenvalue weighted by Crippen LogP contribution is -2.50. The molecule has 0 fully saturated rings. The minimum absolute atomic E-state index is 0.0366. The van der Waals surface area contributed by atoms with Crippen molar-refractivity contribution >= 4 is 17.9 Å². The van der Waals surface area contributed by atoms with Crippen LogP contribution in [0.5, 0.6) is 0 Å². The Labute approximate surface area is 335 Å². The first-order valence-electron chi connectivity index (χ1n) is 21.1. The molecule has 0 aliphatic rings. The summed E-state index contributed by atoms with van der Waals surface area (Å²) in [5.74, 6) is -1.55. The summed E-state index contributed by atoms with van der Waals surface area (Å²) < 4.78 is 17.2. The normalized spacial score (nSPS) is 13.8. The molecule has 0 bridgehead atoms. The summed E-state index contributed by atoms with van der Waals surface area (Å²) in [5, 5.41) is 9.60. The third-order valence-electron chi connectivity index (χ3n) is 8.81. The van der Waals surface area contributed by atoms with Crippen LogP contribution in [-0.2, 0) is 28.6 Å². The van der Waals surface area contributed by atoms with Gasteiger partial charge in [0.2, 0.25) is 0 Å². The van der Waals surface area contributed by atoms with E-state index in [0.29, 0.717) is 12.8 Å². The lowest BCUT2D eigenvalue weighted by Gasteiger charge is -2.31. The van der Waals surface area contributed by atoms with Crippen LogP contribution in [0.15, 0.2) is 85.1 Å². The second-order valence-electron chi connectivity index (χ2n) is 14.9. The summed E-state index contributed by atoms with van der Waals surface area (Å²) in [7, 11) is 5.49. The van der Waals surface area contributed by atoms with E-state index < -0.39 is 18.1 Å². The van der Waals surface area contributed by atoms with E-state index in [1.54, 1.807) is 0 Å². The number of aliphatic carboxylic acids is 1. The number of quaternary nitrogens is 1. The van der Waals surface area contributed by atoms with E-state index in [1.165, 1.54) is 12.8 Å². The molecule has 0 rings (SSSR count). The van der Waals surface area contributed by atoms with Gasteiger partial charge in [0.1, 0.15) is 6.61 Å². The van der Waals surface area contributed by atoms with Crippen molar-refractivity contribution in [3.05, 3.63) is 85.1 Å². The van der Waals surface area contributed by atoms with Crippen molar-refractivity contribution in [2.45, 2.75) is 154 Å². The average Bonchev–Trinajstić information content (AvgIpc) is 3.14. The number of carbonyl (C=O) groups excluding carboxylic acids is 2. The number of likely N-dealkylation sites (N-methyl/N-ethyl adjacent to an activating group) is 1. The average molecular weight is 769 g/mol. The van der Waals surface area contributed by atoms with Crippen molar-refractivity contribution in [1.82, 2.24) is 0 Å². The zero-order chi connectivity index (χ0) is 40.7. The van der Waals surface area contributed by atoms with E-state index in [9.17, 15) is 19.5 Å². The molecule has 2 atom stereocenters. The molecular weight excluding hydrogens is 691 g/mol. The van der Waals surface area contributed by atoms with Gasteiger partial charge in [-0.15, -0.1) is 0 Å². The van der Waals surface area contributed by atoms with Gasteiger partial charge in [0.05, 0.1) is 34.4 Å². The fourth-order valence-corrected chi connectivity index (χ4v) is 5.50. The molecule has 1 N–H and O–H groups in total. The number of hydrogen-bond acceptors (Lipinski definition) is 6. The van der Waals surface area contributed by atoms with Crippen LogP contribution in [0.25, 0.3) is 0 Å². The third kappa shape index (κ3) is 35.9. The van der Waals surface area contributed by atoms with Gasteiger partial charge in [-0.05, 0) is 77.0 Å². The fourth-order valence-electron chi connectivity index (χ4n) is 5.50. The van der Waals surface area contributed by atoms with Gasteiger partial charge in [-0.25, -0.2) is 4.79 Å². The molecule has 0 aromatic rings. The summed E-state index contributed by atoms with van der Waals surface area (Å²) >= 11 is 0. The van der Waals surface area contributed by atoms with Gasteiger partial charge in [0.25, 0.3) is 0 Å². The SMILES string of the molecule is CC/C=C/C/C=C/C/C=C/C/C=C/C/C=C/CCCCCCC(=O)OCC(COCCC(C(=O)O)[N+](C)(C)C)OC(=O)CCCCC/C=C/C=C/CCCC. The first kappa shape index (κ1) is 51.5. The Kier molecular flexibility index (Phi) is 35.1. The number of carbonyl (C=O) groups is 3. The van der Waals surface area contributed by atoms with Gasteiger partial charge in [-0.2, -0.15) is 0 Å². The topological polar surface area (TPSA) is 99.1 Å². The Morgan fingerprint density at radius 3 is 1.62 bits per heavy atom. The highest BCUT2D eigenvalue weighted by molar-refractivity contribution is 5.72. The maximum absolute atomic E-state index is 12.7. The lowest BCUT2D eigenvalue weighted by molar-refractivity contribution is -0.887. The van der Waals surface area contributed by atoms with E-state index in [2.05, 4.69) is 98.9 Å². The van der Waals surface area contributed by atoms with Crippen molar-refractivity contribution in [2.24, 2.45) is 0 Å². The molecule has 0 saturated heterocycles. The van der Waals surface area contributed by atoms with Crippen LogP contribution in [-0.4, -0.2) is 80.6 Å². The fraction of sp³-hybridized carbons (Fsp3) is 0.638. The van der Waals surface area contributed by atoms with Gasteiger partial charge >= 0.3 is 17.9 Å². The molecule has 8 nitrogen and oxygen atoms in total. The Morgan fingerprint density at radius 2 is 1.07 bits per heavy atom. The summed E-state index contributed by atoms with van der Waals surface area (Å²) in [6.07, 6.45) is 47.7. The molecule has 8 heteroatoms. The number of rotatable bonds is 36. The first-order chi connectivity index (χ1) is 26.6. The predicted molar refractivity (Wildman–Crippen MR) is 229 cm³/mol. The number of carboxylic acid groups (broad SMARTS) is 1. The van der Waals surface area contributed by atoms with Crippen molar-refractivity contribution < 1.29 is 38.2 Å². The molecular formula is C47H78NO7+. The van der Waals surface area contributed by atoms with Crippen molar-refractivity contribution in [1.29, 1.82) is 0 Å². The first-order valence-corrected chi connectivity index (χ1v) is 21.1. The smallest absolute Gasteiger partial charge is 0.362 e. The quantitative estimate of drug-likeness (QED) is 0.0223. The van der Waals surface area contributed by atoms with Crippen molar-refractivity contribution in [3.8, 4) is 0 Å². The Bertz CT molecular complexity index is 1170. The molecule has 0 aromatic carbocycles.